The van der Waals surface area contributed by atoms with Crippen LogP contribution in [0.3, 0.4) is 0 Å². The normalized spacial score (nSPS) is 27.2. The fraction of sp³-hybridized carbons (Fsp3) is 0.611. The zero-order valence-corrected chi connectivity index (χ0v) is 13.9. The van der Waals surface area contributed by atoms with Crippen LogP contribution in [0.5, 0.6) is 0 Å². The Kier molecular flexibility index (Phi) is 4.72. The van der Waals surface area contributed by atoms with E-state index in [0.29, 0.717) is 5.92 Å². The molecular formula is C18H28N2O. The van der Waals surface area contributed by atoms with Crippen molar-refractivity contribution >= 4 is 5.91 Å². The van der Waals surface area contributed by atoms with Gasteiger partial charge in [-0.05, 0) is 31.7 Å². The van der Waals surface area contributed by atoms with E-state index in [9.17, 15) is 4.79 Å². The molecule has 116 valence electrons. The summed E-state index contributed by atoms with van der Waals surface area (Å²) in [4.78, 5) is 14.9. The molecule has 0 radical (unpaired) electrons. The molecule has 3 atom stereocenters. The molecule has 3 heteroatoms. The maximum Gasteiger partial charge on any atom is 0.244 e. The van der Waals surface area contributed by atoms with E-state index in [1.807, 2.05) is 11.8 Å². The first kappa shape index (κ1) is 16.0. The van der Waals surface area contributed by atoms with Gasteiger partial charge >= 0.3 is 0 Å². The Morgan fingerprint density at radius 3 is 2.43 bits per heavy atom. The monoisotopic (exact) mass is 288 g/mol. The van der Waals surface area contributed by atoms with Crippen molar-refractivity contribution in [3.8, 4) is 0 Å². The minimum Gasteiger partial charge on any atom is -0.321 e. The maximum absolute atomic E-state index is 12.8. The Hall–Kier alpha value is -1.35. The number of nitrogens with zero attached hydrogens (tertiary/aromatic N) is 1. The van der Waals surface area contributed by atoms with E-state index in [0.717, 1.165) is 19.4 Å². The molecule has 1 saturated heterocycles. The predicted octanol–water partition coefficient (Wildman–Crippen LogP) is 3.64. The lowest BCUT2D eigenvalue weighted by molar-refractivity contribution is -0.133. The van der Waals surface area contributed by atoms with Crippen molar-refractivity contribution in [1.82, 2.24) is 10.2 Å². The van der Waals surface area contributed by atoms with Crippen molar-refractivity contribution in [2.75, 3.05) is 6.54 Å². The Balaban J connectivity index is 2.31. The minimum atomic E-state index is -0.441. The number of rotatable bonds is 5. The highest BCUT2D eigenvalue weighted by Crippen LogP contribution is 2.33. The van der Waals surface area contributed by atoms with Crippen LogP contribution in [0.25, 0.3) is 0 Å². The van der Waals surface area contributed by atoms with Gasteiger partial charge in [0.2, 0.25) is 5.91 Å². The number of nitrogens with one attached hydrogen (secondary N) is 1. The van der Waals surface area contributed by atoms with E-state index in [-0.39, 0.29) is 12.1 Å². The highest BCUT2D eigenvalue weighted by atomic mass is 16.2. The van der Waals surface area contributed by atoms with Gasteiger partial charge in [0.1, 0.15) is 6.17 Å². The second kappa shape index (κ2) is 6.18. The third-order valence-electron chi connectivity index (χ3n) is 4.81. The van der Waals surface area contributed by atoms with Crippen molar-refractivity contribution in [3.63, 3.8) is 0 Å². The summed E-state index contributed by atoms with van der Waals surface area (Å²) in [6.45, 7) is 11.4. The predicted molar refractivity (Wildman–Crippen MR) is 86.9 cm³/mol. The zero-order valence-electron chi connectivity index (χ0n) is 13.9. The average Bonchev–Trinajstić information content (AvgIpc) is 2.73. The van der Waals surface area contributed by atoms with Crippen molar-refractivity contribution in [2.45, 2.75) is 59.2 Å². The number of aryl methyl sites for hydroxylation is 1. The maximum atomic E-state index is 12.8. The van der Waals surface area contributed by atoms with Crippen molar-refractivity contribution in [2.24, 2.45) is 5.92 Å². The molecule has 1 aliphatic heterocycles. The lowest BCUT2D eigenvalue weighted by Gasteiger charge is -2.27. The van der Waals surface area contributed by atoms with Crippen molar-refractivity contribution in [3.05, 3.63) is 35.4 Å². The largest absolute Gasteiger partial charge is 0.321 e. The molecule has 0 aliphatic carbocycles. The quantitative estimate of drug-likeness (QED) is 0.897. The highest BCUT2D eigenvalue weighted by Gasteiger charge is 2.47. The van der Waals surface area contributed by atoms with E-state index < -0.39 is 5.54 Å². The Morgan fingerprint density at radius 2 is 1.90 bits per heavy atom. The fourth-order valence-corrected chi connectivity index (χ4v) is 2.79. The van der Waals surface area contributed by atoms with E-state index >= 15 is 0 Å². The van der Waals surface area contributed by atoms with Crippen molar-refractivity contribution in [1.29, 1.82) is 0 Å². The second-order valence-corrected chi connectivity index (χ2v) is 6.61. The summed E-state index contributed by atoms with van der Waals surface area (Å²) in [5, 5.41) is 3.56. The van der Waals surface area contributed by atoms with Crippen LogP contribution in [0.2, 0.25) is 0 Å². The Morgan fingerprint density at radius 1 is 1.29 bits per heavy atom. The molecule has 1 aliphatic rings. The Bertz CT molecular complexity index is 496. The van der Waals surface area contributed by atoms with Gasteiger partial charge in [-0.2, -0.15) is 0 Å². The van der Waals surface area contributed by atoms with Gasteiger partial charge in [-0.15, -0.1) is 0 Å². The lowest BCUT2D eigenvalue weighted by Crippen LogP contribution is -2.43. The third kappa shape index (κ3) is 3.13. The summed E-state index contributed by atoms with van der Waals surface area (Å²) in [7, 11) is 0. The molecule has 1 fully saturated rings. The standard InChI is InChI=1S/C18H28N2O/c1-6-13(3)12-20-16(15-10-8-14(4)9-11-15)19-18(5,7-2)17(20)21/h8-11,13,16,19H,6-7,12H2,1-5H3. The van der Waals surface area contributed by atoms with Crippen LogP contribution in [-0.2, 0) is 4.79 Å². The molecule has 1 aromatic carbocycles. The summed E-state index contributed by atoms with van der Waals surface area (Å²) in [5.74, 6) is 0.749. The van der Waals surface area contributed by atoms with Gasteiger partial charge in [0, 0.05) is 6.54 Å². The second-order valence-electron chi connectivity index (χ2n) is 6.61. The summed E-state index contributed by atoms with van der Waals surface area (Å²) < 4.78 is 0. The van der Waals surface area contributed by atoms with E-state index in [1.165, 1.54) is 11.1 Å². The summed E-state index contributed by atoms with van der Waals surface area (Å²) in [6, 6.07) is 8.49. The number of hydrogen-bond acceptors (Lipinski definition) is 2. The number of hydrogen-bond donors (Lipinski definition) is 1. The van der Waals surface area contributed by atoms with Crippen LogP contribution in [0.4, 0.5) is 0 Å². The zero-order chi connectivity index (χ0) is 15.6. The summed E-state index contributed by atoms with van der Waals surface area (Å²) >= 11 is 0. The molecule has 21 heavy (non-hydrogen) atoms. The first-order valence-electron chi connectivity index (χ1n) is 8.06. The number of carbonyl (C=O) groups excluding carboxylic acids is 1. The number of carbonyl (C=O) groups is 1. The summed E-state index contributed by atoms with van der Waals surface area (Å²) in [6.07, 6.45) is 1.90. The molecular weight excluding hydrogens is 260 g/mol. The van der Waals surface area contributed by atoms with Gasteiger partial charge in [-0.25, -0.2) is 0 Å². The van der Waals surface area contributed by atoms with Crippen LogP contribution in [0.15, 0.2) is 24.3 Å². The first-order valence-corrected chi connectivity index (χ1v) is 8.06. The van der Waals surface area contributed by atoms with Crippen molar-refractivity contribution < 1.29 is 4.79 Å². The average molecular weight is 288 g/mol. The van der Waals surface area contributed by atoms with Gasteiger partial charge in [-0.3, -0.25) is 10.1 Å². The van der Waals surface area contributed by atoms with E-state index in [2.05, 4.69) is 57.3 Å². The third-order valence-corrected chi connectivity index (χ3v) is 4.81. The topological polar surface area (TPSA) is 32.3 Å². The molecule has 1 aromatic rings. The first-order chi connectivity index (χ1) is 9.91. The molecule has 1 N–H and O–H groups in total. The molecule has 0 spiro atoms. The van der Waals surface area contributed by atoms with Crippen LogP contribution in [0, 0.1) is 12.8 Å². The molecule has 2 rings (SSSR count). The van der Waals surface area contributed by atoms with Gasteiger partial charge in [0.15, 0.2) is 0 Å². The van der Waals surface area contributed by atoms with Gasteiger partial charge < -0.3 is 4.90 Å². The molecule has 0 saturated carbocycles. The number of amides is 1. The summed E-state index contributed by atoms with van der Waals surface area (Å²) in [5.41, 5.74) is 1.98. The SMILES string of the molecule is CCC(C)CN1C(=O)C(C)(CC)NC1c1ccc(C)cc1. The van der Waals surface area contributed by atoms with Crippen LogP contribution < -0.4 is 5.32 Å². The molecule has 3 unspecified atom stereocenters. The van der Waals surface area contributed by atoms with E-state index in [1.54, 1.807) is 0 Å². The molecule has 1 amide bonds. The smallest absolute Gasteiger partial charge is 0.244 e. The minimum absolute atomic E-state index is 0.00273. The molecule has 3 nitrogen and oxygen atoms in total. The highest BCUT2D eigenvalue weighted by molar-refractivity contribution is 5.88. The lowest BCUT2D eigenvalue weighted by atomic mass is 9.99. The fourth-order valence-electron chi connectivity index (χ4n) is 2.79. The number of benzene rings is 1. The molecule has 1 heterocycles. The van der Waals surface area contributed by atoms with Crippen LogP contribution >= 0.6 is 0 Å². The Labute approximate surface area is 128 Å². The van der Waals surface area contributed by atoms with Crippen LogP contribution in [-0.4, -0.2) is 22.9 Å². The van der Waals surface area contributed by atoms with Gasteiger partial charge in [0.05, 0.1) is 5.54 Å². The van der Waals surface area contributed by atoms with Gasteiger partial charge in [-0.1, -0.05) is 57.0 Å². The van der Waals surface area contributed by atoms with E-state index in [4.69, 9.17) is 0 Å². The van der Waals surface area contributed by atoms with Gasteiger partial charge in [0.25, 0.3) is 0 Å². The molecule has 0 aromatic heterocycles. The molecule has 0 bridgehead atoms. The van der Waals surface area contributed by atoms with Crippen LogP contribution in [0.1, 0.15) is 57.8 Å².